The molecule has 5 heteroatoms. The summed E-state index contributed by atoms with van der Waals surface area (Å²) in [5.74, 6) is 3.05. The third-order valence-corrected chi connectivity index (χ3v) is 9.06. The van der Waals surface area contributed by atoms with E-state index in [9.17, 15) is 5.11 Å². The molecule has 3 atom stereocenters. The van der Waals surface area contributed by atoms with Crippen LogP contribution < -0.4 is 0 Å². The topological polar surface area (TPSA) is 38.7 Å². The van der Waals surface area contributed by atoms with Gasteiger partial charge in [0.2, 0.25) is 0 Å². The smallest absolute Gasteiger partial charge is 0.171 e. The fourth-order valence-electron chi connectivity index (χ4n) is 4.37. The molecule has 1 N–H and O–H groups in total. The summed E-state index contributed by atoms with van der Waals surface area (Å²) in [6, 6.07) is 0. The van der Waals surface area contributed by atoms with Gasteiger partial charge in [-0.2, -0.15) is 0 Å². The molecule has 150 valence electrons. The molecule has 3 fully saturated rings. The van der Waals surface area contributed by atoms with E-state index in [2.05, 4.69) is 50.4 Å². The Hall–Kier alpha value is 0.320. The Kier molecular flexibility index (Phi) is 7.45. The third kappa shape index (κ3) is 5.22. The average Bonchev–Trinajstić information content (AvgIpc) is 3.23. The largest absolute Gasteiger partial charge is 0.389 e. The second-order valence-corrected chi connectivity index (χ2v) is 11.8. The lowest BCUT2D eigenvalue weighted by molar-refractivity contribution is -0.316. The number of aliphatic hydroxyl groups excluding tert-OH is 1. The molecule has 1 saturated carbocycles. The van der Waals surface area contributed by atoms with E-state index in [0.29, 0.717) is 11.8 Å². The normalized spacial score (nSPS) is 32.6. The molecule has 0 bridgehead atoms. The van der Waals surface area contributed by atoms with Crippen molar-refractivity contribution in [2.75, 3.05) is 24.7 Å². The molecule has 0 aromatic carbocycles. The first-order chi connectivity index (χ1) is 12.4. The highest BCUT2D eigenvalue weighted by molar-refractivity contribution is 8.20. The van der Waals surface area contributed by atoms with Gasteiger partial charge in [-0.3, -0.25) is 0 Å². The van der Waals surface area contributed by atoms with Gasteiger partial charge in [0.1, 0.15) is 0 Å². The van der Waals surface area contributed by atoms with Gasteiger partial charge in [0.25, 0.3) is 0 Å². The Morgan fingerprint density at radius 3 is 2.50 bits per heavy atom. The molecule has 2 saturated heterocycles. The molecule has 2 heterocycles. The highest BCUT2D eigenvalue weighted by Gasteiger charge is 2.52. The predicted molar refractivity (Wildman–Crippen MR) is 113 cm³/mol. The highest BCUT2D eigenvalue weighted by Crippen LogP contribution is 2.51. The van der Waals surface area contributed by atoms with Crippen LogP contribution >= 0.6 is 23.5 Å². The molecule has 3 aliphatic rings. The fraction of sp³-hybridized carbons (Fsp3) is 0.905. The summed E-state index contributed by atoms with van der Waals surface area (Å²) in [5, 5.41) is 10.1. The van der Waals surface area contributed by atoms with Gasteiger partial charge in [-0.25, -0.2) is 0 Å². The van der Waals surface area contributed by atoms with Gasteiger partial charge in [0, 0.05) is 29.3 Å². The average molecular weight is 401 g/mol. The standard InChI is InChI=1S/C21H36O3S2/c1-4-5-17(22)7-6-16-10-11-21(23-14-20(2,3)15-24-21)18(16)8-9-19-25-12-13-26-19/h6-7,16-19,22H,4-5,8-15H2,1-3H3/b7-6+. The Morgan fingerprint density at radius 2 is 1.85 bits per heavy atom. The van der Waals surface area contributed by atoms with Gasteiger partial charge in [-0.05, 0) is 31.6 Å². The first-order valence-electron chi connectivity index (χ1n) is 10.3. The van der Waals surface area contributed by atoms with Crippen LogP contribution in [0.2, 0.25) is 0 Å². The van der Waals surface area contributed by atoms with Crippen molar-refractivity contribution in [3.05, 3.63) is 12.2 Å². The van der Waals surface area contributed by atoms with E-state index in [1.807, 2.05) is 6.08 Å². The maximum Gasteiger partial charge on any atom is 0.171 e. The Morgan fingerprint density at radius 1 is 1.15 bits per heavy atom. The quantitative estimate of drug-likeness (QED) is 0.603. The number of ether oxygens (including phenoxy) is 2. The van der Waals surface area contributed by atoms with Crippen LogP contribution in [0.4, 0.5) is 0 Å². The molecule has 1 aliphatic carbocycles. The number of rotatable bonds is 7. The minimum atomic E-state index is -0.395. The van der Waals surface area contributed by atoms with Crippen LogP contribution in [-0.4, -0.2) is 46.3 Å². The molecule has 3 rings (SSSR count). The molecule has 3 unspecified atom stereocenters. The summed E-state index contributed by atoms with van der Waals surface area (Å²) in [5.41, 5.74) is 0.109. The monoisotopic (exact) mass is 400 g/mol. The van der Waals surface area contributed by atoms with Gasteiger partial charge in [-0.15, -0.1) is 23.5 Å². The molecule has 3 nitrogen and oxygen atoms in total. The molecular formula is C21H36O3S2. The van der Waals surface area contributed by atoms with Gasteiger partial charge < -0.3 is 14.6 Å². The second-order valence-electron chi connectivity index (χ2n) is 8.85. The molecule has 26 heavy (non-hydrogen) atoms. The van der Waals surface area contributed by atoms with E-state index in [-0.39, 0.29) is 11.5 Å². The highest BCUT2D eigenvalue weighted by atomic mass is 32.2. The van der Waals surface area contributed by atoms with Crippen molar-refractivity contribution in [2.45, 2.75) is 75.8 Å². The van der Waals surface area contributed by atoms with Crippen LogP contribution in [0.15, 0.2) is 12.2 Å². The Labute approximate surface area is 168 Å². The lowest BCUT2D eigenvalue weighted by Crippen LogP contribution is -2.50. The molecule has 0 aromatic heterocycles. The summed E-state index contributed by atoms with van der Waals surface area (Å²) in [4.78, 5) is 0. The summed E-state index contributed by atoms with van der Waals surface area (Å²) in [6.45, 7) is 8.12. The lowest BCUT2D eigenvalue weighted by atomic mass is 9.86. The second kappa shape index (κ2) is 9.21. The number of hydrogen-bond acceptors (Lipinski definition) is 5. The third-order valence-electron chi connectivity index (χ3n) is 5.89. The van der Waals surface area contributed by atoms with E-state index in [0.717, 1.165) is 49.9 Å². The van der Waals surface area contributed by atoms with Crippen molar-refractivity contribution >= 4 is 23.5 Å². The van der Waals surface area contributed by atoms with E-state index < -0.39 is 5.79 Å². The van der Waals surface area contributed by atoms with Crippen molar-refractivity contribution in [3.8, 4) is 0 Å². The van der Waals surface area contributed by atoms with Gasteiger partial charge in [0.15, 0.2) is 5.79 Å². The van der Waals surface area contributed by atoms with Crippen LogP contribution in [0.25, 0.3) is 0 Å². The Balaban J connectivity index is 1.67. The van der Waals surface area contributed by atoms with Crippen LogP contribution in [0.3, 0.4) is 0 Å². The summed E-state index contributed by atoms with van der Waals surface area (Å²) >= 11 is 4.22. The molecule has 1 spiro atoms. The maximum absolute atomic E-state index is 10.1. The minimum Gasteiger partial charge on any atom is -0.389 e. The van der Waals surface area contributed by atoms with Crippen molar-refractivity contribution in [2.24, 2.45) is 17.3 Å². The Bertz CT molecular complexity index is 464. The molecular weight excluding hydrogens is 364 g/mol. The summed E-state index contributed by atoms with van der Waals surface area (Å²) < 4.78 is 13.6. The summed E-state index contributed by atoms with van der Waals surface area (Å²) in [6.07, 6.45) is 10.3. The van der Waals surface area contributed by atoms with Crippen LogP contribution in [0.5, 0.6) is 0 Å². The van der Waals surface area contributed by atoms with Crippen LogP contribution in [-0.2, 0) is 9.47 Å². The first kappa shape index (κ1) is 21.0. The van der Waals surface area contributed by atoms with Crippen LogP contribution in [0, 0.1) is 17.3 Å². The number of thioether (sulfide) groups is 2. The van der Waals surface area contributed by atoms with Crippen molar-refractivity contribution in [1.29, 1.82) is 0 Å². The SMILES string of the molecule is CCCC(O)/C=C/C1CCC2(OCC(C)(C)CO2)C1CCC1SCCS1. The van der Waals surface area contributed by atoms with Gasteiger partial charge in [0.05, 0.1) is 23.9 Å². The van der Waals surface area contributed by atoms with E-state index in [1.54, 1.807) is 0 Å². The fourth-order valence-corrected chi connectivity index (χ4v) is 7.24. The van der Waals surface area contributed by atoms with E-state index in [1.165, 1.54) is 17.9 Å². The first-order valence-corrected chi connectivity index (χ1v) is 12.4. The molecule has 0 aromatic rings. The van der Waals surface area contributed by atoms with Gasteiger partial charge >= 0.3 is 0 Å². The lowest BCUT2D eigenvalue weighted by Gasteiger charge is -2.45. The van der Waals surface area contributed by atoms with Crippen molar-refractivity contribution < 1.29 is 14.6 Å². The minimum absolute atomic E-state index is 0.109. The predicted octanol–water partition coefficient (Wildman–Crippen LogP) is 5.09. The maximum atomic E-state index is 10.1. The van der Waals surface area contributed by atoms with Crippen molar-refractivity contribution in [3.63, 3.8) is 0 Å². The van der Waals surface area contributed by atoms with E-state index >= 15 is 0 Å². The van der Waals surface area contributed by atoms with Gasteiger partial charge in [-0.1, -0.05) is 39.3 Å². The number of allylic oxidation sites excluding steroid dienone is 1. The zero-order valence-electron chi connectivity index (χ0n) is 16.6. The van der Waals surface area contributed by atoms with Crippen molar-refractivity contribution in [1.82, 2.24) is 0 Å². The molecule has 2 aliphatic heterocycles. The number of aliphatic hydroxyl groups is 1. The molecule has 0 amide bonds. The zero-order valence-corrected chi connectivity index (χ0v) is 18.2. The van der Waals surface area contributed by atoms with Crippen LogP contribution in [0.1, 0.15) is 59.3 Å². The zero-order chi connectivity index (χ0) is 18.6. The molecule has 0 radical (unpaired) electrons. The van der Waals surface area contributed by atoms with E-state index in [4.69, 9.17) is 9.47 Å². The number of hydrogen-bond donors (Lipinski definition) is 1. The summed E-state index contributed by atoms with van der Waals surface area (Å²) in [7, 11) is 0.